The maximum absolute atomic E-state index is 8.39. The maximum atomic E-state index is 8.39. The summed E-state index contributed by atoms with van der Waals surface area (Å²) in [5.74, 6) is 0.471. The van der Waals surface area contributed by atoms with E-state index in [0.717, 1.165) is 0 Å². The van der Waals surface area contributed by atoms with Gasteiger partial charge in [0.1, 0.15) is 11.8 Å². The van der Waals surface area contributed by atoms with E-state index in [9.17, 15) is 0 Å². The van der Waals surface area contributed by atoms with Gasteiger partial charge >= 0.3 is 0 Å². The van der Waals surface area contributed by atoms with E-state index in [0.29, 0.717) is 11.6 Å². The van der Waals surface area contributed by atoms with Gasteiger partial charge in [-0.05, 0) is 6.07 Å². The van der Waals surface area contributed by atoms with E-state index in [2.05, 4.69) is 15.3 Å². The second-order valence-corrected chi connectivity index (χ2v) is 1.63. The monoisotopic (exact) mass is 134 g/mol. The van der Waals surface area contributed by atoms with Crippen molar-refractivity contribution < 1.29 is 0 Å². The van der Waals surface area contributed by atoms with Crippen molar-refractivity contribution in [2.45, 2.75) is 0 Å². The fourth-order valence-electron chi connectivity index (χ4n) is 0.541. The number of aromatic nitrogens is 2. The van der Waals surface area contributed by atoms with Crippen LogP contribution in [-0.2, 0) is 0 Å². The van der Waals surface area contributed by atoms with E-state index >= 15 is 0 Å². The van der Waals surface area contributed by atoms with Crippen molar-refractivity contribution in [2.24, 2.45) is 0 Å². The predicted octanol–water partition coefficient (Wildman–Crippen LogP) is 0.390. The molecule has 10 heavy (non-hydrogen) atoms. The average molecular weight is 134 g/mol. The first-order chi connectivity index (χ1) is 4.86. The van der Waals surface area contributed by atoms with Crippen molar-refractivity contribution in [1.82, 2.24) is 9.97 Å². The minimum atomic E-state index is 0.374. The van der Waals surface area contributed by atoms with Crippen LogP contribution in [0.4, 0.5) is 5.95 Å². The van der Waals surface area contributed by atoms with Gasteiger partial charge in [0, 0.05) is 13.2 Å². The molecule has 0 aliphatic rings. The SMILES string of the molecule is CNc1nccc(C#N)n1. The molecule has 0 radical (unpaired) electrons. The van der Waals surface area contributed by atoms with Crippen LogP contribution >= 0.6 is 0 Å². The quantitative estimate of drug-likeness (QED) is 0.603. The molecule has 0 saturated heterocycles. The van der Waals surface area contributed by atoms with Crippen molar-refractivity contribution in [3.63, 3.8) is 0 Å². The summed E-state index contributed by atoms with van der Waals surface area (Å²) >= 11 is 0. The average Bonchev–Trinajstić information content (AvgIpc) is 2.05. The van der Waals surface area contributed by atoms with Crippen molar-refractivity contribution in [2.75, 3.05) is 12.4 Å². The lowest BCUT2D eigenvalue weighted by molar-refractivity contribution is 1.13. The largest absolute Gasteiger partial charge is 0.357 e. The van der Waals surface area contributed by atoms with E-state index in [-0.39, 0.29) is 0 Å². The summed E-state index contributed by atoms with van der Waals surface area (Å²) in [6.45, 7) is 0. The number of nitriles is 1. The van der Waals surface area contributed by atoms with Gasteiger partial charge in [0.05, 0.1) is 0 Å². The van der Waals surface area contributed by atoms with Crippen molar-refractivity contribution in [3.05, 3.63) is 18.0 Å². The van der Waals surface area contributed by atoms with Gasteiger partial charge in [0.25, 0.3) is 0 Å². The fraction of sp³-hybridized carbons (Fsp3) is 0.167. The minimum absolute atomic E-state index is 0.374. The Hall–Kier alpha value is -1.63. The lowest BCUT2D eigenvalue weighted by Crippen LogP contribution is -1.96. The van der Waals surface area contributed by atoms with Crippen LogP contribution in [0.5, 0.6) is 0 Å². The molecule has 0 aliphatic heterocycles. The molecule has 0 saturated carbocycles. The Morgan fingerprint density at radius 2 is 2.50 bits per heavy atom. The third-order valence-electron chi connectivity index (χ3n) is 0.994. The van der Waals surface area contributed by atoms with E-state index in [1.807, 2.05) is 6.07 Å². The molecule has 1 N–H and O–H groups in total. The van der Waals surface area contributed by atoms with Gasteiger partial charge in [0.2, 0.25) is 5.95 Å². The van der Waals surface area contributed by atoms with Crippen LogP contribution in [-0.4, -0.2) is 17.0 Å². The van der Waals surface area contributed by atoms with Crippen LogP contribution in [0, 0.1) is 11.3 Å². The molecule has 4 nitrogen and oxygen atoms in total. The standard InChI is InChI=1S/C6H6N4/c1-8-6-9-3-2-5(4-7)10-6/h2-3H,1H3,(H,8,9,10). The Morgan fingerprint density at radius 1 is 1.70 bits per heavy atom. The second-order valence-electron chi connectivity index (χ2n) is 1.63. The summed E-state index contributed by atoms with van der Waals surface area (Å²) in [5, 5.41) is 11.1. The second kappa shape index (κ2) is 2.78. The predicted molar refractivity (Wildman–Crippen MR) is 36.3 cm³/mol. The molecule has 0 aliphatic carbocycles. The van der Waals surface area contributed by atoms with Crippen LogP contribution in [0.3, 0.4) is 0 Å². The summed E-state index contributed by atoms with van der Waals surface area (Å²) in [6.07, 6.45) is 1.54. The first-order valence-electron chi connectivity index (χ1n) is 2.77. The van der Waals surface area contributed by atoms with Gasteiger partial charge < -0.3 is 5.32 Å². The third-order valence-corrected chi connectivity index (χ3v) is 0.994. The number of hydrogen-bond donors (Lipinski definition) is 1. The lowest BCUT2D eigenvalue weighted by Gasteiger charge is -1.94. The number of hydrogen-bond acceptors (Lipinski definition) is 4. The molecule has 0 unspecified atom stereocenters. The van der Waals surface area contributed by atoms with Crippen LogP contribution in [0.2, 0.25) is 0 Å². The van der Waals surface area contributed by atoms with Gasteiger partial charge in [-0.25, -0.2) is 9.97 Å². The lowest BCUT2D eigenvalue weighted by atomic mass is 10.4. The van der Waals surface area contributed by atoms with Gasteiger partial charge in [-0.2, -0.15) is 5.26 Å². The normalized spacial score (nSPS) is 8.40. The van der Waals surface area contributed by atoms with Crippen molar-refractivity contribution in [3.8, 4) is 6.07 Å². The zero-order chi connectivity index (χ0) is 7.40. The Bertz CT molecular complexity index is 263. The van der Waals surface area contributed by atoms with E-state index < -0.39 is 0 Å². The van der Waals surface area contributed by atoms with Gasteiger partial charge in [0.15, 0.2) is 0 Å². The number of anilines is 1. The van der Waals surface area contributed by atoms with Crippen molar-refractivity contribution in [1.29, 1.82) is 5.26 Å². The molecule has 1 aromatic heterocycles. The molecular formula is C6H6N4. The molecule has 4 heteroatoms. The molecule has 1 rings (SSSR count). The Morgan fingerprint density at radius 3 is 3.10 bits per heavy atom. The molecule has 50 valence electrons. The molecule has 1 heterocycles. The summed E-state index contributed by atoms with van der Waals surface area (Å²) < 4.78 is 0. The molecule has 0 fully saturated rings. The first kappa shape index (κ1) is 6.49. The Kier molecular flexibility index (Phi) is 1.80. The number of nitrogens with one attached hydrogen (secondary N) is 1. The molecule has 0 aromatic carbocycles. The highest BCUT2D eigenvalue weighted by molar-refractivity contribution is 5.28. The number of rotatable bonds is 1. The minimum Gasteiger partial charge on any atom is -0.357 e. The van der Waals surface area contributed by atoms with Crippen LogP contribution in [0.25, 0.3) is 0 Å². The van der Waals surface area contributed by atoms with Gasteiger partial charge in [-0.1, -0.05) is 0 Å². The summed E-state index contributed by atoms with van der Waals surface area (Å²) in [7, 11) is 1.70. The van der Waals surface area contributed by atoms with E-state index in [4.69, 9.17) is 5.26 Å². The zero-order valence-electron chi connectivity index (χ0n) is 5.50. The highest BCUT2D eigenvalue weighted by Gasteiger charge is 1.92. The molecule has 0 spiro atoms. The van der Waals surface area contributed by atoms with Crippen molar-refractivity contribution >= 4 is 5.95 Å². The molecule has 0 amide bonds. The fourth-order valence-corrected chi connectivity index (χ4v) is 0.541. The Labute approximate surface area is 58.5 Å². The highest BCUT2D eigenvalue weighted by Crippen LogP contribution is 1.96. The number of nitrogens with zero attached hydrogens (tertiary/aromatic N) is 3. The van der Waals surface area contributed by atoms with Gasteiger partial charge in [-0.15, -0.1) is 0 Å². The summed E-state index contributed by atoms with van der Waals surface area (Å²) in [6, 6.07) is 3.47. The zero-order valence-corrected chi connectivity index (χ0v) is 5.50. The Balaban J connectivity index is 3.01. The molecule has 0 bridgehead atoms. The topological polar surface area (TPSA) is 61.6 Å². The van der Waals surface area contributed by atoms with E-state index in [1.165, 1.54) is 6.20 Å². The maximum Gasteiger partial charge on any atom is 0.223 e. The summed E-state index contributed by atoms with van der Waals surface area (Å²) in [4.78, 5) is 7.66. The highest BCUT2D eigenvalue weighted by atomic mass is 15.1. The van der Waals surface area contributed by atoms with Crippen LogP contribution < -0.4 is 5.32 Å². The summed E-state index contributed by atoms with van der Waals surface area (Å²) in [5.41, 5.74) is 0.374. The van der Waals surface area contributed by atoms with Gasteiger partial charge in [-0.3, -0.25) is 0 Å². The van der Waals surface area contributed by atoms with E-state index in [1.54, 1.807) is 13.1 Å². The molecular weight excluding hydrogens is 128 g/mol. The molecule has 0 atom stereocenters. The molecule has 1 aromatic rings. The van der Waals surface area contributed by atoms with Crippen LogP contribution in [0.1, 0.15) is 5.69 Å². The third kappa shape index (κ3) is 1.20. The van der Waals surface area contributed by atoms with Crippen LogP contribution in [0.15, 0.2) is 12.3 Å². The first-order valence-corrected chi connectivity index (χ1v) is 2.77. The smallest absolute Gasteiger partial charge is 0.223 e.